The number of anilines is 1. The van der Waals surface area contributed by atoms with Crippen molar-refractivity contribution in [3.8, 4) is 17.2 Å². The molecule has 0 aliphatic rings. The van der Waals surface area contributed by atoms with Gasteiger partial charge in [0.1, 0.15) is 22.8 Å². The van der Waals surface area contributed by atoms with Gasteiger partial charge in [0.25, 0.3) is 5.91 Å². The quantitative estimate of drug-likeness (QED) is 0.666. The van der Waals surface area contributed by atoms with Gasteiger partial charge in [0, 0.05) is 11.8 Å². The number of hydrogen-bond acceptors (Lipinski definition) is 4. The van der Waals surface area contributed by atoms with Gasteiger partial charge in [-0.05, 0) is 30.7 Å². The van der Waals surface area contributed by atoms with E-state index in [-0.39, 0.29) is 22.8 Å². The van der Waals surface area contributed by atoms with Crippen LogP contribution in [-0.2, 0) is 0 Å². The molecule has 2 rings (SSSR count). The molecule has 0 radical (unpaired) electrons. The molecule has 0 saturated carbocycles. The van der Waals surface area contributed by atoms with E-state index in [2.05, 4.69) is 5.32 Å². The highest BCUT2D eigenvalue weighted by Crippen LogP contribution is 2.28. The van der Waals surface area contributed by atoms with Crippen LogP contribution >= 0.6 is 0 Å². The van der Waals surface area contributed by atoms with E-state index in [1.165, 1.54) is 24.3 Å². The Morgan fingerprint density at radius 1 is 1.00 bits per heavy atom. The minimum atomic E-state index is -0.654. The van der Waals surface area contributed by atoms with E-state index >= 15 is 0 Å². The lowest BCUT2D eigenvalue weighted by molar-refractivity contribution is 0.102. The third-order valence-corrected chi connectivity index (χ3v) is 2.71. The summed E-state index contributed by atoms with van der Waals surface area (Å²) in [5, 5.41) is 31.2. The smallest absolute Gasteiger partial charge is 0.263 e. The highest BCUT2D eigenvalue weighted by atomic mass is 16.3. The average Bonchev–Trinajstić information content (AvgIpc) is 2.33. The Morgan fingerprint density at radius 2 is 1.63 bits per heavy atom. The summed E-state index contributed by atoms with van der Waals surface area (Å²) in [6, 6.07) is 8.70. The molecular formula is C14H13NO4. The number of carbonyl (C=O) groups is 1. The minimum Gasteiger partial charge on any atom is -0.508 e. The number of benzene rings is 2. The molecule has 0 heterocycles. The fourth-order valence-electron chi connectivity index (χ4n) is 1.64. The SMILES string of the molecule is Cc1ccc(NC(=O)c2c(O)cccc2O)cc1O. The van der Waals surface area contributed by atoms with Crippen molar-refractivity contribution in [1.82, 2.24) is 0 Å². The second-order valence-corrected chi connectivity index (χ2v) is 4.13. The third kappa shape index (κ3) is 2.60. The highest BCUT2D eigenvalue weighted by molar-refractivity contribution is 6.08. The molecule has 0 atom stereocenters. The van der Waals surface area contributed by atoms with E-state index in [1.54, 1.807) is 19.1 Å². The maximum atomic E-state index is 11.9. The fourth-order valence-corrected chi connectivity index (χ4v) is 1.64. The Bertz CT molecular complexity index is 617. The summed E-state index contributed by atoms with van der Waals surface area (Å²) in [6.45, 7) is 1.73. The highest BCUT2D eigenvalue weighted by Gasteiger charge is 2.16. The number of hydrogen-bond donors (Lipinski definition) is 4. The minimum absolute atomic E-state index is 0.0549. The molecule has 19 heavy (non-hydrogen) atoms. The van der Waals surface area contributed by atoms with Crippen LogP contribution in [-0.4, -0.2) is 21.2 Å². The molecule has 0 saturated heterocycles. The van der Waals surface area contributed by atoms with Crippen molar-refractivity contribution < 1.29 is 20.1 Å². The lowest BCUT2D eigenvalue weighted by atomic mass is 10.1. The van der Waals surface area contributed by atoms with Crippen molar-refractivity contribution in [2.24, 2.45) is 0 Å². The van der Waals surface area contributed by atoms with Crippen LogP contribution in [0.15, 0.2) is 36.4 Å². The van der Waals surface area contributed by atoms with Crippen molar-refractivity contribution in [1.29, 1.82) is 0 Å². The Morgan fingerprint density at radius 3 is 2.21 bits per heavy atom. The fraction of sp³-hybridized carbons (Fsp3) is 0.0714. The zero-order valence-corrected chi connectivity index (χ0v) is 10.2. The molecule has 4 N–H and O–H groups in total. The third-order valence-electron chi connectivity index (χ3n) is 2.71. The number of nitrogens with one attached hydrogen (secondary N) is 1. The van der Waals surface area contributed by atoms with Crippen LogP contribution in [0.25, 0.3) is 0 Å². The largest absolute Gasteiger partial charge is 0.508 e. The van der Waals surface area contributed by atoms with Crippen molar-refractivity contribution in [2.45, 2.75) is 6.92 Å². The molecule has 2 aromatic carbocycles. The standard InChI is InChI=1S/C14H13NO4/c1-8-5-6-9(7-12(8)18)15-14(19)13-10(16)3-2-4-11(13)17/h2-7,16-18H,1H3,(H,15,19). The van der Waals surface area contributed by atoms with E-state index in [0.29, 0.717) is 11.3 Å². The second kappa shape index (κ2) is 4.89. The Labute approximate surface area is 109 Å². The van der Waals surface area contributed by atoms with Crippen molar-refractivity contribution >= 4 is 11.6 Å². The number of rotatable bonds is 2. The summed E-state index contributed by atoms with van der Waals surface area (Å²) < 4.78 is 0. The van der Waals surface area contributed by atoms with Crippen LogP contribution in [0.3, 0.4) is 0 Å². The first-order valence-corrected chi connectivity index (χ1v) is 5.61. The maximum absolute atomic E-state index is 11.9. The van der Waals surface area contributed by atoms with Crippen molar-refractivity contribution in [3.63, 3.8) is 0 Å². The summed E-state index contributed by atoms with van der Waals surface area (Å²) in [6.07, 6.45) is 0. The van der Waals surface area contributed by atoms with Gasteiger partial charge in [-0.1, -0.05) is 12.1 Å². The molecule has 0 aliphatic heterocycles. The van der Waals surface area contributed by atoms with E-state index < -0.39 is 5.91 Å². The molecule has 0 unspecified atom stereocenters. The van der Waals surface area contributed by atoms with Crippen LogP contribution in [0.5, 0.6) is 17.2 Å². The molecule has 2 aromatic rings. The Hall–Kier alpha value is -2.69. The summed E-state index contributed by atoms with van der Waals surface area (Å²) in [5.74, 6) is -1.22. The summed E-state index contributed by atoms with van der Waals surface area (Å²) in [4.78, 5) is 11.9. The van der Waals surface area contributed by atoms with Gasteiger partial charge in [-0.25, -0.2) is 0 Å². The first kappa shape index (κ1) is 12.8. The molecule has 98 valence electrons. The molecule has 5 nitrogen and oxygen atoms in total. The zero-order chi connectivity index (χ0) is 14.0. The Kier molecular flexibility index (Phi) is 3.29. The van der Waals surface area contributed by atoms with Crippen LogP contribution in [0, 0.1) is 6.92 Å². The first-order valence-electron chi connectivity index (χ1n) is 5.61. The maximum Gasteiger partial charge on any atom is 0.263 e. The van der Waals surface area contributed by atoms with Gasteiger partial charge in [0.2, 0.25) is 0 Å². The monoisotopic (exact) mass is 259 g/mol. The first-order chi connectivity index (χ1) is 8.99. The van der Waals surface area contributed by atoms with Gasteiger partial charge in [-0.15, -0.1) is 0 Å². The van der Waals surface area contributed by atoms with Gasteiger partial charge in [0.05, 0.1) is 0 Å². The van der Waals surface area contributed by atoms with Crippen molar-refractivity contribution in [3.05, 3.63) is 47.5 Å². The van der Waals surface area contributed by atoms with Crippen LogP contribution < -0.4 is 5.32 Å². The average molecular weight is 259 g/mol. The number of aryl methyl sites for hydroxylation is 1. The van der Waals surface area contributed by atoms with E-state index in [9.17, 15) is 20.1 Å². The molecule has 0 aliphatic carbocycles. The van der Waals surface area contributed by atoms with Crippen LogP contribution in [0.4, 0.5) is 5.69 Å². The van der Waals surface area contributed by atoms with E-state index in [4.69, 9.17) is 0 Å². The van der Waals surface area contributed by atoms with Gasteiger partial charge >= 0.3 is 0 Å². The lowest BCUT2D eigenvalue weighted by Gasteiger charge is -2.09. The van der Waals surface area contributed by atoms with E-state index in [0.717, 1.165) is 0 Å². The molecule has 5 heteroatoms. The molecule has 0 aromatic heterocycles. The lowest BCUT2D eigenvalue weighted by Crippen LogP contribution is -2.12. The predicted molar refractivity (Wildman–Crippen MR) is 70.6 cm³/mol. The van der Waals surface area contributed by atoms with Crippen molar-refractivity contribution in [2.75, 3.05) is 5.32 Å². The molecule has 1 amide bonds. The van der Waals surface area contributed by atoms with Gasteiger partial charge in [0.15, 0.2) is 0 Å². The van der Waals surface area contributed by atoms with Gasteiger partial charge in [-0.2, -0.15) is 0 Å². The number of phenols is 3. The summed E-state index contributed by atoms with van der Waals surface area (Å²) >= 11 is 0. The number of aromatic hydroxyl groups is 3. The second-order valence-electron chi connectivity index (χ2n) is 4.13. The molecular weight excluding hydrogens is 246 g/mol. The topological polar surface area (TPSA) is 89.8 Å². The number of carbonyl (C=O) groups excluding carboxylic acids is 1. The van der Waals surface area contributed by atoms with Gasteiger partial charge < -0.3 is 20.6 Å². The van der Waals surface area contributed by atoms with Crippen LogP contribution in [0.1, 0.15) is 15.9 Å². The molecule has 0 bridgehead atoms. The normalized spacial score (nSPS) is 10.2. The van der Waals surface area contributed by atoms with Gasteiger partial charge in [-0.3, -0.25) is 4.79 Å². The predicted octanol–water partition coefficient (Wildman–Crippen LogP) is 2.36. The van der Waals surface area contributed by atoms with Crippen LogP contribution in [0.2, 0.25) is 0 Å². The number of amides is 1. The Balaban J connectivity index is 2.28. The van der Waals surface area contributed by atoms with E-state index in [1.807, 2.05) is 0 Å². The summed E-state index contributed by atoms with van der Waals surface area (Å²) in [7, 11) is 0. The zero-order valence-electron chi connectivity index (χ0n) is 10.2. The molecule has 0 fully saturated rings. The number of phenolic OH excluding ortho intramolecular Hbond substituents is 3. The molecule has 0 spiro atoms. The summed E-state index contributed by atoms with van der Waals surface area (Å²) in [5.41, 5.74) is 0.849.